The van der Waals surface area contributed by atoms with Gasteiger partial charge >= 0.3 is 0 Å². The van der Waals surface area contributed by atoms with Crippen molar-refractivity contribution in [1.82, 2.24) is 4.57 Å². The van der Waals surface area contributed by atoms with Crippen molar-refractivity contribution in [2.75, 3.05) is 6.54 Å². The summed E-state index contributed by atoms with van der Waals surface area (Å²) in [5, 5.41) is 1.34. The zero-order chi connectivity index (χ0) is 15.7. The number of ketones is 1. The minimum atomic E-state index is -0.170. The first-order valence-corrected chi connectivity index (χ1v) is 7.04. The van der Waals surface area contributed by atoms with Gasteiger partial charge in [0.05, 0.1) is 12.2 Å². The second-order valence-electron chi connectivity index (χ2n) is 5.19. The molecule has 110 valence electrons. The van der Waals surface area contributed by atoms with E-state index in [1.165, 1.54) is 0 Å². The molecule has 0 aliphatic rings. The summed E-state index contributed by atoms with van der Waals surface area (Å²) in [6, 6.07) is 16.8. The third kappa shape index (κ3) is 2.34. The van der Waals surface area contributed by atoms with Crippen LogP contribution in [-0.2, 0) is 7.05 Å². The van der Waals surface area contributed by atoms with Crippen LogP contribution in [0.2, 0.25) is 0 Å². The van der Waals surface area contributed by atoms with Gasteiger partial charge in [0, 0.05) is 18.0 Å². The van der Waals surface area contributed by atoms with Crippen molar-refractivity contribution in [2.24, 2.45) is 12.8 Å². The maximum absolute atomic E-state index is 12.6. The molecule has 0 aliphatic heterocycles. The van der Waals surface area contributed by atoms with Crippen molar-refractivity contribution in [3.05, 3.63) is 70.5 Å². The van der Waals surface area contributed by atoms with Crippen LogP contribution in [0.1, 0.15) is 10.4 Å². The Balaban J connectivity index is 2.27. The molecule has 0 radical (unpaired) electrons. The summed E-state index contributed by atoms with van der Waals surface area (Å²) in [5.41, 5.74) is 7.55. The first kappa shape index (κ1) is 14.2. The number of pyridine rings is 1. The van der Waals surface area contributed by atoms with Gasteiger partial charge in [0.25, 0.3) is 5.56 Å². The lowest BCUT2D eigenvalue weighted by Gasteiger charge is -2.11. The molecule has 2 N–H and O–H groups in total. The highest BCUT2D eigenvalue weighted by Crippen LogP contribution is 2.22. The maximum Gasteiger partial charge on any atom is 0.258 e. The van der Waals surface area contributed by atoms with Gasteiger partial charge in [-0.25, -0.2) is 0 Å². The zero-order valence-electron chi connectivity index (χ0n) is 12.2. The Labute approximate surface area is 127 Å². The Kier molecular flexibility index (Phi) is 3.61. The van der Waals surface area contributed by atoms with Crippen molar-refractivity contribution in [3.8, 4) is 11.3 Å². The molecule has 2 aromatic carbocycles. The summed E-state index contributed by atoms with van der Waals surface area (Å²) in [7, 11) is 1.74. The fourth-order valence-electron chi connectivity index (χ4n) is 2.58. The van der Waals surface area contributed by atoms with Crippen LogP contribution in [0.25, 0.3) is 22.0 Å². The van der Waals surface area contributed by atoms with E-state index in [-0.39, 0.29) is 17.9 Å². The van der Waals surface area contributed by atoms with Crippen LogP contribution in [0.5, 0.6) is 0 Å². The van der Waals surface area contributed by atoms with Crippen molar-refractivity contribution in [2.45, 2.75) is 0 Å². The second kappa shape index (κ2) is 5.58. The van der Waals surface area contributed by atoms with Crippen LogP contribution in [0.3, 0.4) is 0 Å². The molecule has 1 aromatic heterocycles. The van der Waals surface area contributed by atoms with E-state index in [0.29, 0.717) is 10.9 Å². The minimum Gasteiger partial charge on any atom is -0.324 e. The highest BCUT2D eigenvalue weighted by Gasteiger charge is 2.11. The minimum absolute atomic E-state index is 0.0616. The van der Waals surface area contributed by atoms with Gasteiger partial charge in [-0.15, -0.1) is 0 Å². The number of nitrogens with zero attached hydrogens (tertiary/aromatic N) is 1. The number of nitrogens with two attached hydrogens (primary N) is 1. The third-order valence-electron chi connectivity index (χ3n) is 3.82. The summed E-state index contributed by atoms with van der Waals surface area (Å²) < 4.78 is 1.61. The summed E-state index contributed by atoms with van der Waals surface area (Å²) in [4.78, 5) is 24.3. The molecule has 3 aromatic rings. The van der Waals surface area contributed by atoms with Crippen LogP contribution in [0.15, 0.2) is 59.4 Å². The largest absolute Gasteiger partial charge is 0.324 e. The second-order valence-corrected chi connectivity index (χ2v) is 5.19. The number of hydrogen-bond acceptors (Lipinski definition) is 3. The van der Waals surface area contributed by atoms with Gasteiger partial charge in [-0.1, -0.05) is 42.5 Å². The normalized spacial score (nSPS) is 10.8. The predicted molar refractivity (Wildman–Crippen MR) is 88.0 cm³/mol. The van der Waals surface area contributed by atoms with E-state index in [1.54, 1.807) is 29.8 Å². The molecular formula is C18H16N2O2. The van der Waals surface area contributed by atoms with E-state index in [1.807, 2.05) is 36.4 Å². The van der Waals surface area contributed by atoms with Gasteiger partial charge in [-0.05, 0) is 23.1 Å². The van der Waals surface area contributed by atoms with E-state index in [9.17, 15) is 9.59 Å². The predicted octanol–water partition coefficient (Wildman–Crippen LogP) is 2.35. The van der Waals surface area contributed by atoms with Crippen LogP contribution in [0.4, 0.5) is 0 Å². The molecular weight excluding hydrogens is 276 g/mol. The molecule has 0 unspecified atom stereocenters. The van der Waals surface area contributed by atoms with E-state index in [0.717, 1.165) is 16.6 Å². The molecule has 0 aliphatic carbocycles. The van der Waals surface area contributed by atoms with Crippen LogP contribution in [-0.4, -0.2) is 16.9 Å². The fraction of sp³-hybridized carbons (Fsp3) is 0.111. The summed E-state index contributed by atoms with van der Waals surface area (Å²) in [5.74, 6) is -0.170. The van der Waals surface area contributed by atoms with Crippen LogP contribution >= 0.6 is 0 Å². The van der Waals surface area contributed by atoms with Crippen molar-refractivity contribution >= 4 is 16.6 Å². The molecule has 22 heavy (non-hydrogen) atoms. The van der Waals surface area contributed by atoms with Crippen LogP contribution in [0, 0.1) is 0 Å². The molecule has 0 fully saturated rings. The quantitative estimate of drug-likeness (QED) is 0.754. The number of benzene rings is 2. The number of aromatic nitrogens is 1. The number of Topliss-reactive ketones (excluding diaryl/α,β-unsaturated/α-hetero) is 1. The van der Waals surface area contributed by atoms with E-state index < -0.39 is 0 Å². The van der Waals surface area contributed by atoms with Gasteiger partial charge in [-0.2, -0.15) is 0 Å². The van der Waals surface area contributed by atoms with E-state index in [2.05, 4.69) is 0 Å². The first-order chi connectivity index (χ1) is 10.6. The molecule has 0 bridgehead atoms. The van der Waals surface area contributed by atoms with Crippen molar-refractivity contribution in [3.63, 3.8) is 0 Å². The maximum atomic E-state index is 12.6. The lowest BCUT2D eigenvalue weighted by Crippen LogP contribution is -2.19. The average Bonchev–Trinajstić information content (AvgIpc) is 2.57. The molecule has 4 nitrogen and oxygen atoms in total. The number of fused-ring (bicyclic) bond motifs is 1. The Morgan fingerprint density at radius 1 is 1.09 bits per heavy atom. The molecule has 0 amide bonds. The lowest BCUT2D eigenvalue weighted by atomic mass is 10.0. The summed E-state index contributed by atoms with van der Waals surface area (Å²) in [6.07, 6.45) is 0. The van der Waals surface area contributed by atoms with Gasteiger partial charge in [-0.3, -0.25) is 9.59 Å². The average molecular weight is 292 g/mol. The van der Waals surface area contributed by atoms with Gasteiger partial charge in [0.15, 0.2) is 5.78 Å². The Morgan fingerprint density at radius 2 is 1.82 bits per heavy atom. The van der Waals surface area contributed by atoms with E-state index >= 15 is 0 Å². The molecule has 3 rings (SSSR count). The molecule has 0 saturated heterocycles. The number of hydrogen-bond donors (Lipinski definition) is 1. The third-order valence-corrected chi connectivity index (χ3v) is 3.82. The fourth-order valence-corrected chi connectivity index (χ4v) is 2.58. The number of carbonyl (C=O) groups excluding carboxylic acids is 1. The Hall–Kier alpha value is -2.72. The Bertz CT molecular complexity index is 912. The SMILES string of the molecule is Cn1c(-c2ccccc2)cc2ccc(C(=O)CN)cc2c1=O. The molecule has 0 spiro atoms. The Morgan fingerprint density at radius 3 is 2.50 bits per heavy atom. The van der Waals surface area contributed by atoms with Gasteiger partial charge in [0.1, 0.15) is 0 Å². The monoisotopic (exact) mass is 292 g/mol. The standard InChI is InChI=1S/C18H16N2O2/c1-20-16(12-5-3-2-4-6-12)10-13-7-8-14(17(21)11-19)9-15(13)18(20)22/h2-10H,11,19H2,1H3. The van der Waals surface area contributed by atoms with Gasteiger partial charge in [0.2, 0.25) is 0 Å². The van der Waals surface area contributed by atoms with Gasteiger partial charge < -0.3 is 10.3 Å². The van der Waals surface area contributed by atoms with E-state index in [4.69, 9.17) is 5.73 Å². The highest BCUT2D eigenvalue weighted by atomic mass is 16.1. The molecule has 4 heteroatoms. The first-order valence-electron chi connectivity index (χ1n) is 7.04. The topological polar surface area (TPSA) is 65.1 Å². The van der Waals surface area contributed by atoms with Crippen molar-refractivity contribution < 1.29 is 4.79 Å². The summed E-state index contributed by atoms with van der Waals surface area (Å²) in [6.45, 7) is -0.0616. The molecule has 0 atom stereocenters. The molecule has 1 heterocycles. The number of carbonyl (C=O) groups is 1. The highest BCUT2D eigenvalue weighted by molar-refractivity contribution is 6.01. The zero-order valence-corrected chi connectivity index (χ0v) is 12.2. The van der Waals surface area contributed by atoms with Crippen molar-refractivity contribution in [1.29, 1.82) is 0 Å². The lowest BCUT2D eigenvalue weighted by molar-refractivity contribution is 0.100. The molecule has 0 saturated carbocycles. The van der Waals surface area contributed by atoms with Crippen LogP contribution < -0.4 is 11.3 Å². The summed E-state index contributed by atoms with van der Waals surface area (Å²) >= 11 is 0. The number of rotatable bonds is 3. The smallest absolute Gasteiger partial charge is 0.258 e.